The lowest BCUT2D eigenvalue weighted by atomic mass is 9.92. The fourth-order valence-electron chi connectivity index (χ4n) is 4.33. The van der Waals surface area contributed by atoms with Crippen LogP contribution in [-0.2, 0) is 26.0 Å². The van der Waals surface area contributed by atoms with E-state index in [1.807, 2.05) is 0 Å². The second-order valence-corrected chi connectivity index (χ2v) is 10.9. The second-order valence-electron chi connectivity index (χ2n) is 8.99. The Morgan fingerprint density at radius 2 is 1.68 bits per heavy atom. The normalized spacial score (nSPS) is 16.3. The van der Waals surface area contributed by atoms with Gasteiger partial charge >= 0.3 is 5.97 Å². The quantitative estimate of drug-likeness (QED) is 0.571. The number of hydrogen-bond acceptors (Lipinski definition) is 5. The number of rotatable bonds is 8. The first-order valence-electron chi connectivity index (χ1n) is 11.8. The number of ether oxygens (including phenoxy) is 1. The Morgan fingerprint density at radius 1 is 1.06 bits per heavy atom. The summed E-state index contributed by atoms with van der Waals surface area (Å²) in [4.78, 5) is 25.1. The summed E-state index contributed by atoms with van der Waals surface area (Å²) in [6.45, 7) is 6.69. The molecule has 0 spiro atoms. The minimum atomic E-state index is -3.88. The van der Waals surface area contributed by atoms with Crippen LogP contribution in [0.25, 0.3) is 0 Å². The van der Waals surface area contributed by atoms with Crippen LogP contribution in [0.3, 0.4) is 0 Å². The summed E-state index contributed by atoms with van der Waals surface area (Å²) in [5.41, 5.74) is 2.33. The Kier molecular flexibility index (Phi) is 8.49. The van der Waals surface area contributed by atoms with E-state index in [1.165, 1.54) is 29.1 Å². The van der Waals surface area contributed by atoms with Gasteiger partial charge in [-0.05, 0) is 48.4 Å². The molecule has 7 nitrogen and oxygen atoms in total. The maximum absolute atomic E-state index is 13.2. The molecule has 1 aliphatic heterocycles. The summed E-state index contributed by atoms with van der Waals surface area (Å²) < 4.78 is 32.5. The lowest BCUT2D eigenvalue weighted by Gasteiger charge is -2.32. The van der Waals surface area contributed by atoms with E-state index in [2.05, 4.69) is 50.4 Å². The van der Waals surface area contributed by atoms with Crippen LogP contribution in [0.15, 0.2) is 53.4 Å². The molecule has 1 aliphatic rings. The molecule has 0 aromatic heterocycles. The highest BCUT2D eigenvalue weighted by Gasteiger charge is 2.35. The molecule has 3 rings (SSSR count). The Balaban J connectivity index is 1.68. The van der Waals surface area contributed by atoms with Crippen LogP contribution in [0.5, 0.6) is 0 Å². The van der Waals surface area contributed by atoms with Crippen molar-refractivity contribution in [2.75, 3.05) is 20.2 Å². The third kappa shape index (κ3) is 5.67. The van der Waals surface area contributed by atoms with Gasteiger partial charge in [0.15, 0.2) is 0 Å². The van der Waals surface area contributed by atoms with Crippen molar-refractivity contribution in [3.05, 3.63) is 65.2 Å². The zero-order valence-electron chi connectivity index (χ0n) is 20.3. The first-order valence-corrected chi connectivity index (χ1v) is 13.2. The van der Waals surface area contributed by atoms with Crippen LogP contribution in [0.2, 0.25) is 0 Å². The lowest BCUT2D eigenvalue weighted by molar-refractivity contribution is -0.127. The number of benzene rings is 2. The first-order chi connectivity index (χ1) is 16.2. The van der Waals surface area contributed by atoms with E-state index in [9.17, 15) is 18.0 Å². The van der Waals surface area contributed by atoms with Crippen LogP contribution in [0, 0.1) is 11.8 Å². The van der Waals surface area contributed by atoms with Crippen molar-refractivity contribution in [2.45, 2.75) is 51.0 Å². The van der Waals surface area contributed by atoms with Crippen LogP contribution in [0.4, 0.5) is 0 Å². The highest BCUT2D eigenvalue weighted by molar-refractivity contribution is 7.89. The van der Waals surface area contributed by atoms with Gasteiger partial charge < -0.3 is 10.1 Å². The molecule has 1 amide bonds. The SMILES string of the molecule is CCc1ccc(C(NC(=O)C2CCN(S(=O)(=O)c3ccccc3C(=O)OC)CC2)C(C)C)cc1. The van der Waals surface area contributed by atoms with Gasteiger partial charge in [0, 0.05) is 19.0 Å². The number of aryl methyl sites for hydroxylation is 1. The molecule has 0 aliphatic carbocycles. The molecule has 34 heavy (non-hydrogen) atoms. The van der Waals surface area contributed by atoms with E-state index < -0.39 is 16.0 Å². The lowest BCUT2D eigenvalue weighted by Crippen LogP contribution is -2.44. The van der Waals surface area contributed by atoms with E-state index in [0.717, 1.165) is 12.0 Å². The van der Waals surface area contributed by atoms with Gasteiger partial charge in [-0.2, -0.15) is 4.31 Å². The van der Waals surface area contributed by atoms with E-state index in [4.69, 9.17) is 4.74 Å². The van der Waals surface area contributed by atoms with E-state index in [0.29, 0.717) is 12.8 Å². The number of hydrogen-bond donors (Lipinski definition) is 1. The number of carbonyl (C=O) groups is 2. The maximum atomic E-state index is 13.2. The van der Waals surface area contributed by atoms with Crippen LogP contribution >= 0.6 is 0 Å². The monoisotopic (exact) mass is 486 g/mol. The molecule has 0 bridgehead atoms. The average Bonchev–Trinajstić information content (AvgIpc) is 2.86. The number of piperidine rings is 1. The molecular formula is C26H34N2O5S. The molecule has 2 aromatic carbocycles. The van der Waals surface area contributed by atoms with Crippen LogP contribution in [-0.4, -0.2) is 44.8 Å². The van der Waals surface area contributed by atoms with Gasteiger partial charge in [0.05, 0.1) is 23.6 Å². The van der Waals surface area contributed by atoms with E-state index >= 15 is 0 Å². The Morgan fingerprint density at radius 3 is 2.24 bits per heavy atom. The van der Waals surface area contributed by atoms with Crippen LogP contribution in [0.1, 0.15) is 61.1 Å². The van der Waals surface area contributed by atoms with Crippen molar-refractivity contribution < 1.29 is 22.7 Å². The average molecular weight is 487 g/mol. The summed E-state index contributed by atoms with van der Waals surface area (Å²) >= 11 is 0. The predicted molar refractivity (Wildman–Crippen MR) is 131 cm³/mol. The number of amides is 1. The smallest absolute Gasteiger partial charge is 0.339 e. The number of sulfonamides is 1. The van der Waals surface area contributed by atoms with Crippen molar-refractivity contribution >= 4 is 21.9 Å². The molecule has 1 atom stereocenters. The third-order valence-corrected chi connectivity index (χ3v) is 8.40. The summed E-state index contributed by atoms with van der Waals surface area (Å²) in [5, 5.41) is 3.19. The molecule has 1 heterocycles. The van der Waals surface area contributed by atoms with Crippen molar-refractivity contribution in [1.29, 1.82) is 0 Å². The topological polar surface area (TPSA) is 92.8 Å². The molecule has 0 radical (unpaired) electrons. The molecule has 0 saturated carbocycles. The number of nitrogens with zero attached hydrogens (tertiary/aromatic N) is 1. The number of esters is 1. The Hall–Kier alpha value is -2.71. The fraction of sp³-hybridized carbons (Fsp3) is 0.462. The molecule has 2 aromatic rings. The van der Waals surface area contributed by atoms with Crippen molar-refractivity contribution in [3.8, 4) is 0 Å². The standard InChI is InChI=1S/C26H34N2O5S/c1-5-19-10-12-20(13-11-19)24(18(2)3)27-25(29)21-14-16-28(17-15-21)34(31,32)23-9-7-6-8-22(23)26(30)33-4/h6-13,18,21,24H,5,14-17H2,1-4H3,(H,27,29). The summed E-state index contributed by atoms with van der Waals surface area (Å²) in [6.07, 6.45) is 1.81. The molecule has 1 N–H and O–H groups in total. The number of nitrogens with one attached hydrogen (secondary N) is 1. The summed E-state index contributed by atoms with van der Waals surface area (Å²) in [6, 6.07) is 14.2. The van der Waals surface area contributed by atoms with Crippen molar-refractivity contribution in [2.24, 2.45) is 11.8 Å². The zero-order valence-corrected chi connectivity index (χ0v) is 21.1. The predicted octanol–water partition coefficient (Wildman–Crippen LogP) is 3.95. The van der Waals surface area contributed by atoms with E-state index in [1.54, 1.807) is 12.1 Å². The second kappa shape index (κ2) is 11.1. The molecule has 1 saturated heterocycles. The Bertz CT molecular complexity index is 1100. The maximum Gasteiger partial charge on any atom is 0.339 e. The van der Waals surface area contributed by atoms with Gasteiger partial charge in [-0.25, -0.2) is 13.2 Å². The van der Waals surface area contributed by atoms with Crippen molar-refractivity contribution in [1.82, 2.24) is 9.62 Å². The van der Waals surface area contributed by atoms with Gasteiger partial charge in [-0.3, -0.25) is 4.79 Å². The van der Waals surface area contributed by atoms with Gasteiger partial charge in [0.25, 0.3) is 0 Å². The van der Waals surface area contributed by atoms with Gasteiger partial charge in [0.1, 0.15) is 0 Å². The van der Waals surface area contributed by atoms with Gasteiger partial charge in [0.2, 0.25) is 15.9 Å². The highest BCUT2D eigenvalue weighted by Crippen LogP contribution is 2.28. The number of methoxy groups -OCH3 is 1. The Labute approximate surface area is 202 Å². The molecule has 1 unspecified atom stereocenters. The first kappa shape index (κ1) is 25.9. The molecule has 8 heteroatoms. The van der Waals surface area contributed by atoms with Crippen LogP contribution < -0.4 is 5.32 Å². The molecular weight excluding hydrogens is 452 g/mol. The third-order valence-electron chi connectivity index (χ3n) is 6.45. The number of carbonyl (C=O) groups excluding carboxylic acids is 2. The molecule has 1 fully saturated rings. The highest BCUT2D eigenvalue weighted by atomic mass is 32.2. The zero-order chi connectivity index (χ0) is 24.9. The summed E-state index contributed by atoms with van der Waals surface area (Å²) in [5.74, 6) is -0.796. The fourth-order valence-corrected chi connectivity index (χ4v) is 5.98. The minimum absolute atomic E-state index is 0.0127. The largest absolute Gasteiger partial charge is 0.465 e. The minimum Gasteiger partial charge on any atom is -0.465 e. The van der Waals surface area contributed by atoms with E-state index in [-0.39, 0.29) is 47.3 Å². The molecule has 184 valence electrons. The van der Waals surface area contributed by atoms with Gasteiger partial charge in [-0.1, -0.05) is 57.2 Å². The van der Waals surface area contributed by atoms with Crippen molar-refractivity contribution in [3.63, 3.8) is 0 Å². The van der Waals surface area contributed by atoms with Gasteiger partial charge in [-0.15, -0.1) is 0 Å². The summed E-state index contributed by atoms with van der Waals surface area (Å²) in [7, 11) is -2.66.